The maximum Gasteiger partial charge on any atom is 0.272 e. The molecule has 2 aromatic heterocycles. The first kappa shape index (κ1) is 21.7. The second-order valence-corrected chi connectivity index (χ2v) is 8.37. The predicted molar refractivity (Wildman–Crippen MR) is 117 cm³/mol. The Bertz CT molecular complexity index is 1060. The number of nitrogens with zero attached hydrogens (tertiary/aromatic N) is 2. The van der Waals surface area contributed by atoms with Gasteiger partial charge in [0.15, 0.2) is 11.0 Å². The molecule has 4 rings (SSSR count). The fraction of sp³-hybridized carbons (Fsp3) is 0.391. The summed E-state index contributed by atoms with van der Waals surface area (Å²) in [6, 6.07) is 7.36. The summed E-state index contributed by atoms with van der Waals surface area (Å²) >= 11 is 5.69. The number of carbonyl (C=O) groups excluding carboxylic acids is 1. The minimum absolute atomic E-state index is 0.181. The van der Waals surface area contributed by atoms with Crippen LogP contribution < -0.4 is 5.32 Å². The Balaban J connectivity index is 1.17. The monoisotopic (exact) mass is 446 g/mol. The van der Waals surface area contributed by atoms with Gasteiger partial charge < -0.3 is 15.2 Å². The average Bonchev–Trinajstić information content (AvgIpc) is 3.17. The van der Waals surface area contributed by atoms with Crippen LogP contribution >= 0.6 is 11.6 Å². The fourth-order valence-corrected chi connectivity index (χ4v) is 4.26. The number of aryl methyl sites for hydroxylation is 1. The second kappa shape index (κ2) is 9.75. The summed E-state index contributed by atoms with van der Waals surface area (Å²) in [6.07, 6.45) is 5.64. The number of amides is 1. The topological polar surface area (TPSA) is 61.0 Å². The second-order valence-electron chi connectivity index (χ2n) is 8.02. The number of likely N-dealkylation sites (tertiary alicyclic amines) is 1. The van der Waals surface area contributed by atoms with Crippen LogP contribution in [0.15, 0.2) is 36.5 Å². The van der Waals surface area contributed by atoms with Gasteiger partial charge in [0.1, 0.15) is 11.5 Å². The van der Waals surface area contributed by atoms with Crippen LogP contribution in [0.4, 0.5) is 8.78 Å². The van der Waals surface area contributed by atoms with E-state index in [2.05, 4.69) is 15.3 Å². The lowest BCUT2D eigenvalue weighted by atomic mass is 9.96. The molecule has 0 radical (unpaired) electrons. The zero-order chi connectivity index (χ0) is 21.8. The number of pyridine rings is 1. The van der Waals surface area contributed by atoms with Crippen molar-refractivity contribution >= 4 is 28.4 Å². The van der Waals surface area contributed by atoms with Gasteiger partial charge in [0.25, 0.3) is 5.91 Å². The molecule has 31 heavy (non-hydrogen) atoms. The first-order chi connectivity index (χ1) is 15.0. The van der Waals surface area contributed by atoms with Crippen LogP contribution in [0, 0.1) is 17.6 Å². The van der Waals surface area contributed by atoms with Gasteiger partial charge in [-0.1, -0.05) is 11.6 Å². The van der Waals surface area contributed by atoms with Gasteiger partial charge in [-0.25, -0.2) is 13.8 Å². The van der Waals surface area contributed by atoms with Crippen LogP contribution in [0.5, 0.6) is 0 Å². The van der Waals surface area contributed by atoms with Crippen molar-refractivity contribution in [2.45, 2.75) is 25.7 Å². The summed E-state index contributed by atoms with van der Waals surface area (Å²) in [6.45, 7) is 3.11. The van der Waals surface area contributed by atoms with E-state index >= 15 is 0 Å². The maximum atomic E-state index is 13.5. The van der Waals surface area contributed by atoms with Gasteiger partial charge in [-0.3, -0.25) is 4.79 Å². The molecule has 0 unspecified atom stereocenters. The lowest BCUT2D eigenvalue weighted by Gasteiger charge is -2.32. The summed E-state index contributed by atoms with van der Waals surface area (Å²) in [7, 11) is 0. The Kier molecular flexibility index (Phi) is 6.83. The number of nitrogens with one attached hydrogen (secondary N) is 2. The van der Waals surface area contributed by atoms with Gasteiger partial charge >= 0.3 is 0 Å². The lowest BCUT2D eigenvalue weighted by Crippen LogP contribution is -2.41. The minimum Gasteiger partial charge on any atom is -0.361 e. The smallest absolute Gasteiger partial charge is 0.272 e. The molecule has 1 saturated heterocycles. The number of hydrogen-bond acceptors (Lipinski definition) is 3. The first-order valence-electron chi connectivity index (χ1n) is 10.6. The number of H-pyrrole nitrogens is 1. The van der Waals surface area contributed by atoms with Crippen molar-refractivity contribution in [1.82, 2.24) is 20.2 Å². The zero-order valence-corrected chi connectivity index (χ0v) is 17.9. The first-order valence-corrected chi connectivity index (χ1v) is 11.0. The van der Waals surface area contributed by atoms with Gasteiger partial charge in [0, 0.05) is 30.2 Å². The van der Waals surface area contributed by atoms with E-state index in [4.69, 9.17) is 11.6 Å². The summed E-state index contributed by atoms with van der Waals surface area (Å²) in [5.41, 5.74) is 2.28. The number of benzene rings is 1. The zero-order valence-electron chi connectivity index (χ0n) is 17.1. The van der Waals surface area contributed by atoms with E-state index in [1.807, 2.05) is 6.20 Å². The molecule has 3 aromatic rings. The summed E-state index contributed by atoms with van der Waals surface area (Å²) in [5.74, 6) is -0.533. The molecule has 1 aliphatic rings. The Labute approximate surface area is 184 Å². The molecule has 1 amide bonds. The predicted octanol–water partition coefficient (Wildman–Crippen LogP) is 4.57. The molecule has 8 heteroatoms. The van der Waals surface area contributed by atoms with E-state index in [1.54, 1.807) is 17.0 Å². The molecular formula is C23H25ClF2N4O. The quantitative estimate of drug-likeness (QED) is 0.413. The highest BCUT2D eigenvalue weighted by Gasteiger charge is 2.24. The molecule has 2 N–H and O–H groups in total. The number of piperidine rings is 1. The van der Waals surface area contributed by atoms with Gasteiger partial charge in [-0.2, -0.15) is 0 Å². The number of hydrogen-bond donors (Lipinski definition) is 2. The highest BCUT2D eigenvalue weighted by Crippen LogP contribution is 2.21. The van der Waals surface area contributed by atoms with Gasteiger partial charge in [-0.05, 0) is 80.6 Å². The third kappa shape index (κ3) is 5.22. The highest BCUT2D eigenvalue weighted by molar-refractivity contribution is 6.29. The molecule has 0 spiro atoms. The van der Waals surface area contributed by atoms with E-state index in [0.29, 0.717) is 19.0 Å². The summed E-state index contributed by atoms with van der Waals surface area (Å²) in [5, 5.41) is 4.18. The van der Waals surface area contributed by atoms with Crippen LogP contribution in [-0.4, -0.2) is 47.0 Å². The largest absolute Gasteiger partial charge is 0.361 e. The molecule has 1 fully saturated rings. The summed E-state index contributed by atoms with van der Waals surface area (Å²) < 4.78 is 26.7. The molecule has 5 nitrogen and oxygen atoms in total. The average molecular weight is 447 g/mol. The normalized spacial score (nSPS) is 15.0. The van der Waals surface area contributed by atoms with Crippen molar-refractivity contribution in [2.75, 3.05) is 26.2 Å². The Morgan fingerprint density at radius 3 is 2.81 bits per heavy atom. The number of halogens is 3. The van der Waals surface area contributed by atoms with Gasteiger partial charge in [0.2, 0.25) is 0 Å². The van der Waals surface area contributed by atoms with Crippen LogP contribution in [0.25, 0.3) is 10.9 Å². The minimum atomic E-state index is -0.625. The van der Waals surface area contributed by atoms with Crippen molar-refractivity contribution in [3.8, 4) is 0 Å². The third-order valence-electron chi connectivity index (χ3n) is 5.89. The highest BCUT2D eigenvalue weighted by atomic mass is 35.5. The van der Waals surface area contributed by atoms with Gasteiger partial charge in [-0.15, -0.1) is 0 Å². The van der Waals surface area contributed by atoms with E-state index in [1.165, 1.54) is 18.2 Å². The number of fused-ring (bicyclic) bond motifs is 1. The molecule has 164 valence electrons. The molecule has 3 heterocycles. The molecule has 1 aromatic carbocycles. The number of aromatic nitrogens is 2. The maximum absolute atomic E-state index is 13.5. The van der Waals surface area contributed by atoms with E-state index in [9.17, 15) is 13.6 Å². The van der Waals surface area contributed by atoms with Crippen LogP contribution in [0.3, 0.4) is 0 Å². The number of rotatable bonds is 7. The molecular weight excluding hydrogens is 422 g/mol. The van der Waals surface area contributed by atoms with Crippen LogP contribution in [0.1, 0.15) is 35.3 Å². The van der Waals surface area contributed by atoms with Crippen LogP contribution in [0.2, 0.25) is 5.15 Å². The number of carbonyl (C=O) groups is 1. The van der Waals surface area contributed by atoms with E-state index < -0.39 is 5.82 Å². The molecule has 0 saturated carbocycles. The van der Waals surface area contributed by atoms with E-state index in [0.717, 1.165) is 55.2 Å². The SMILES string of the molecule is O=C(c1ccc(F)c(Cl)n1)N1CCC(CNCCCc2c[nH]c3ccc(F)cc23)CC1. The molecule has 0 bridgehead atoms. The lowest BCUT2D eigenvalue weighted by molar-refractivity contribution is 0.0684. The summed E-state index contributed by atoms with van der Waals surface area (Å²) in [4.78, 5) is 21.3. The van der Waals surface area contributed by atoms with Gasteiger partial charge in [0.05, 0.1) is 0 Å². The fourth-order valence-electron chi connectivity index (χ4n) is 4.11. The Morgan fingerprint density at radius 2 is 2.03 bits per heavy atom. The number of aromatic amines is 1. The van der Waals surface area contributed by atoms with Crippen molar-refractivity contribution in [3.05, 3.63) is 64.6 Å². The van der Waals surface area contributed by atoms with Crippen molar-refractivity contribution in [2.24, 2.45) is 5.92 Å². The van der Waals surface area contributed by atoms with Crippen molar-refractivity contribution in [3.63, 3.8) is 0 Å². The molecule has 1 aliphatic heterocycles. The van der Waals surface area contributed by atoms with Crippen molar-refractivity contribution < 1.29 is 13.6 Å². The van der Waals surface area contributed by atoms with E-state index in [-0.39, 0.29) is 22.6 Å². The Hall–Kier alpha value is -2.51. The Morgan fingerprint density at radius 1 is 1.23 bits per heavy atom. The molecule has 0 aliphatic carbocycles. The standard InChI is InChI=1S/C23H25ClF2N4O/c24-22-19(26)4-6-21(29-22)23(31)30-10-7-15(8-11-30)13-27-9-1-2-16-14-28-20-5-3-17(25)12-18(16)20/h3-6,12,14-15,27-28H,1-2,7-11,13H2. The third-order valence-corrected chi connectivity index (χ3v) is 6.15. The van der Waals surface area contributed by atoms with Crippen molar-refractivity contribution in [1.29, 1.82) is 0 Å². The van der Waals surface area contributed by atoms with Crippen LogP contribution in [-0.2, 0) is 6.42 Å². The molecule has 0 atom stereocenters.